The molecule has 78 valence electrons. The van der Waals surface area contributed by atoms with Gasteiger partial charge in [-0.15, -0.1) is 0 Å². The van der Waals surface area contributed by atoms with Gasteiger partial charge in [-0.25, -0.2) is 0 Å². The first kappa shape index (κ1) is 10.2. The zero-order valence-electron chi connectivity index (χ0n) is 7.91. The molecule has 1 aromatic heterocycles. The molecular weight excluding hydrogens is 246 g/mol. The van der Waals surface area contributed by atoms with Crippen LogP contribution < -0.4 is 5.73 Å². The summed E-state index contributed by atoms with van der Waals surface area (Å²) in [6, 6.07) is 2.26. The minimum atomic E-state index is 0.330. The third-order valence-corrected chi connectivity index (χ3v) is 2.95. The molecule has 1 aromatic rings. The summed E-state index contributed by atoms with van der Waals surface area (Å²) in [5.41, 5.74) is 6.86. The predicted molar refractivity (Wildman–Crippen MR) is 56.8 cm³/mol. The molecule has 0 aromatic carbocycles. The van der Waals surface area contributed by atoms with E-state index in [0.717, 1.165) is 29.5 Å². The smallest absolute Gasteiger partial charge is 0.169 e. The van der Waals surface area contributed by atoms with E-state index < -0.39 is 0 Å². The molecule has 1 saturated carbocycles. The topological polar surface area (TPSA) is 48.4 Å². The molecular formula is C10H14BrNO2. The normalized spacial score (nSPS) is 27.0. The highest BCUT2D eigenvalue weighted by Crippen LogP contribution is 2.22. The molecule has 0 bridgehead atoms. The summed E-state index contributed by atoms with van der Waals surface area (Å²) in [5.74, 6) is 0. The first-order valence-corrected chi connectivity index (χ1v) is 5.63. The van der Waals surface area contributed by atoms with Crippen LogP contribution in [0.15, 0.2) is 21.4 Å². The molecule has 1 aliphatic carbocycles. The van der Waals surface area contributed by atoms with Crippen molar-refractivity contribution in [3.8, 4) is 0 Å². The lowest BCUT2D eigenvalue weighted by Gasteiger charge is -2.09. The number of ether oxygens (including phenoxy) is 1. The van der Waals surface area contributed by atoms with Gasteiger partial charge >= 0.3 is 0 Å². The minimum Gasteiger partial charge on any atom is -0.457 e. The first-order chi connectivity index (χ1) is 6.74. The summed E-state index contributed by atoms with van der Waals surface area (Å²) in [6.45, 7) is 0.618. The lowest BCUT2D eigenvalue weighted by atomic mass is 10.3. The third kappa shape index (κ3) is 2.59. The highest BCUT2D eigenvalue weighted by atomic mass is 79.9. The van der Waals surface area contributed by atoms with Gasteiger partial charge in [-0.3, -0.25) is 0 Å². The summed E-state index contributed by atoms with van der Waals surface area (Å²) in [7, 11) is 0. The van der Waals surface area contributed by atoms with Gasteiger partial charge in [-0.1, -0.05) is 0 Å². The maximum atomic E-state index is 5.79. The Balaban J connectivity index is 1.77. The molecule has 2 N–H and O–H groups in total. The van der Waals surface area contributed by atoms with Gasteiger partial charge in [0.1, 0.15) is 0 Å². The number of furan rings is 1. The van der Waals surface area contributed by atoms with Crippen LogP contribution in [-0.4, -0.2) is 12.1 Å². The van der Waals surface area contributed by atoms with E-state index in [4.69, 9.17) is 14.9 Å². The standard InChI is InChI=1S/C10H14BrNO2/c11-10-3-7(6-14-10)5-13-9-2-1-8(12)4-9/h3,6,8-9H,1-2,4-5,12H2. The zero-order valence-corrected chi connectivity index (χ0v) is 9.50. The molecule has 1 fully saturated rings. The zero-order chi connectivity index (χ0) is 9.97. The predicted octanol–water partition coefficient (Wildman–Crippen LogP) is 2.44. The lowest BCUT2D eigenvalue weighted by molar-refractivity contribution is 0.0446. The van der Waals surface area contributed by atoms with Crippen molar-refractivity contribution < 1.29 is 9.15 Å². The maximum absolute atomic E-state index is 5.79. The molecule has 0 spiro atoms. The first-order valence-electron chi connectivity index (χ1n) is 4.84. The summed E-state index contributed by atoms with van der Waals surface area (Å²) in [6.07, 6.45) is 5.19. The Hall–Kier alpha value is -0.320. The van der Waals surface area contributed by atoms with Crippen molar-refractivity contribution in [1.82, 2.24) is 0 Å². The minimum absolute atomic E-state index is 0.330. The molecule has 0 amide bonds. The molecule has 1 aliphatic rings. The van der Waals surface area contributed by atoms with Crippen LogP contribution in [-0.2, 0) is 11.3 Å². The highest BCUT2D eigenvalue weighted by molar-refractivity contribution is 9.10. The van der Waals surface area contributed by atoms with Crippen molar-refractivity contribution in [2.75, 3.05) is 0 Å². The Morgan fingerprint density at radius 3 is 3.00 bits per heavy atom. The van der Waals surface area contributed by atoms with E-state index in [1.807, 2.05) is 6.07 Å². The van der Waals surface area contributed by atoms with Crippen molar-refractivity contribution in [1.29, 1.82) is 0 Å². The molecule has 0 aliphatic heterocycles. The second-order valence-electron chi connectivity index (χ2n) is 3.77. The lowest BCUT2D eigenvalue weighted by Crippen LogP contribution is -2.17. The van der Waals surface area contributed by atoms with Gasteiger partial charge in [-0.2, -0.15) is 0 Å². The van der Waals surface area contributed by atoms with E-state index >= 15 is 0 Å². The van der Waals surface area contributed by atoms with Gasteiger partial charge in [-0.05, 0) is 41.3 Å². The van der Waals surface area contributed by atoms with E-state index in [2.05, 4.69) is 15.9 Å². The molecule has 1 heterocycles. The Morgan fingerprint density at radius 2 is 2.43 bits per heavy atom. The van der Waals surface area contributed by atoms with Gasteiger partial charge in [0.2, 0.25) is 0 Å². The van der Waals surface area contributed by atoms with Gasteiger partial charge in [0.25, 0.3) is 0 Å². The molecule has 14 heavy (non-hydrogen) atoms. The van der Waals surface area contributed by atoms with Crippen LogP contribution in [0.5, 0.6) is 0 Å². The van der Waals surface area contributed by atoms with Crippen LogP contribution in [0.1, 0.15) is 24.8 Å². The van der Waals surface area contributed by atoms with Crippen molar-refractivity contribution in [3.05, 3.63) is 22.6 Å². The fourth-order valence-corrected chi connectivity index (χ4v) is 2.15. The van der Waals surface area contributed by atoms with Gasteiger partial charge in [0.15, 0.2) is 4.67 Å². The SMILES string of the molecule is NC1CCC(OCc2coc(Br)c2)C1. The molecule has 4 heteroatoms. The van der Waals surface area contributed by atoms with Crippen LogP contribution in [0.3, 0.4) is 0 Å². The highest BCUT2D eigenvalue weighted by Gasteiger charge is 2.22. The fraction of sp³-hybridized carbons (Fsp3) is 0.600. The van der Waals surface area contributed by atoms with Gasteiger partial charge in [0.05, 0.1) is 19.0 Å². The van der Waals surface area contributed by atoms with Crippen molar-refractivity contribution >= 4 is 15.9 Å². The van der Waals surface area contributed by atoms with E-state index in [-0.39, 0.29) is 0 Å². The van der Waals surface area contributed by atoms with E-state index in [1.165, 1.54) is 0 Å². The molecule has 0 radical (unpaired) electrons. The van der Waals surface area contributed by atoms with Crippen LogP contribution in [0.4, 0.5) is 0 Å². The number of hydrogen-bond acceptors (Lipinski definition) is 3. The van der Waals surface area contributed by atoms with Crippen LogP contribution in [0.25, 0.3) is 0 Å². The molecule has 2 rings (SSSR count). The second kappa shape index (κ2) is 4.47. The van der Waals surface area contributed by atoms with Crippen LogP contribution >= 0.6 is 15.9 Å². The number of hydrogen-bond donors (Lipinski definition) is 1. The Kier molecular flexibility index (Phi) is 3.26. The van der Waals surface area contributed by atoms with Crippen molar-refractivity contribution in [2.24, 2.45) is 5.73 Å². The van der Waals surface area contributed by atoms with Crippen molar-refractivity contribution in [2.45, 2.75) is 38.0 Å². The van der Waals surface area contributed by atoms with E-state index in [1.54, 1.807) is 6.26 Å². The average molecular weight is 260 g/mol. The molecule has 2 unspecified atom stereocenters. The van der Waals surface area contributed by atoms with Crippen molar-refractivity contribution in [3.63, 3.8) is 0 Å². The quantitative estimate of drug-likeness (QED) is 0.908. The number of rotatable bonds is 3. The fourth-order valence-electron chi connectivity index (χ4n) is 1.76. The number of nitrogens with two attached hydrogens (primary N) is 1. The van der Waals surface area contributed by atoms with E-state index in [0.29, 0.717) is 18.8 Å². The summed E-state index contributed by atoms with van der Waals surface area (Å²) in [5, 5.41) is 0. The number of halogens is 1. The van der Waals surface area contributed by atoms with Crippen LogP contribution in [0.2, 0.25) is 0 Å². The van der Waals surface area contributed by atoms with E-state index in [9.17, 15) is 0 Å². The average Bonchev–Trinajstić information content (AvgIpc) is 2.72. The summed E-state index contributed by atoms with van der Waals surface area (Å²) >= 11 is 3.25. The molecule has 0 saturated heterocycles. The maximum Gasteiger partial charge on any atom is 0.169 e. The van der Waals surface area contributed by atoms with Crippen LogP contribution in [0, 0.1) is 0 Å². The largest absolute Gasteiger partial charge is 0.457 e. The Bertz CT molecular complexity index is 300. The molecule has 3 nitrogen and oxygen atoms in total. The Morgan fingerprint density at radius 1 is 1.57 bits per heavy atom. The van der Waals surface area contributed by atoms with Gasteiger partial charge < -0.3 is 14.9 Å². The van der Waals surface area contributed by atoms with Gasteiger partial charge in [0, 0.05) is 11.6 Å². The second-order valence-corrected chi connectivity index (χ2v) is 4.55. The summed E-state index contributed by atoms with van der Waals surface area (Å²) in [4.78, 5) is 0. The molecule has 2 atom stereocenters. The third-order valence-electron chi connectivity index (χ3n) is 2.53. The summed E-state index contributed by atoms with van der Waals surface area (Å²) < 4.78 is 11.6. The monoisotopic (exact) mass is 259 g/mol. The Labute approximate surface area is 91.7 Å².